The van der Waals surface area contributed by atoms with Crippen molar-refractivity contribution in [1.82, 2.24) is 4.90 Å². The summed E-state index contributed by atoms with van der Waals surface area (Å²) in [5.74, 6) is -0.214. The maximum absolute atomic E-state index is 13.3. The number of nitrogens with zero attached hydrogens (tertiary/aromatic N) is 1. The summed E-state index contributed by atoms with van der Waals surface area (Å²) >= 11 is 3.47. The molecule has 0 amide bonds. The van der Waals surface area contributed by atoms with E-state index in [-0.39, 0.29) is 17.4 Å². The van der Waals surface area contributed by atoms with E-state index in [4.69, 9.17) is 5.73 Å². The van der Waals surface area contributed by atoms with Crippen molar-refractivity contribution in [3.63, 3.8) is 0 Å². The molecule has 1 atom stereocenters. The van der Waals surface area contributed by atoms with Crippen LogP contribution in [0, 0.1) is 5.82 Å². The minimum Gasteiger partial charge on any atom is -0.326 e. The van der Waals surface area contributed by atoms with Gasteiger partial charge in [-0.05, 0) is 57.1 Å². The molecule has 1 rings (SSSR count). The molecule has 0 saturated heterocycles. The summed E-state index contributed by atoms with van der Waals surface area (Å²) in [6.07, 6.45) is 2.62. The zero-order valence-electron chi connectivity index (χ0n) is 12.2. The van der Waals surface area contributed by atoms with Crippen LogP contribution >= 0.6 is 15.9 Å². The van der Waals surface area contributed by atoms with Crippen LogP contribution in [0.1, 0.15) is 32.3 Å². The van der Waals surface area contributed by atoms with Gasteiger partial charge < -0.3 is 10.6 Å². The highest BCUT2D eigenvalue weighted by Crippen LogP contribution is 2.28. The number of hydrogen-bond donors (Lipinski definition) is 1. The number of hydrogen-bond acceptors (Lipinski definition) is 2. The summed E-state index contributed by atoms with van der Waals surface area (Å²) in [4.78, 5) is 2.20. The molecule has 0 aliphatic heterocycles. The van der Waals surface area contributed by atoms with E-state index < -0.39 is 0 Å². The Morgan fingerprint density at radius 2 is 1.89 bits per heavy atom. The van der Waals surface area contributed by atoms with Crippen LogP contribution in [0.25, 0.3) is 0 Å². The molecule has 0 aromatic heterocycles. The Bertz CT molecular complexity index is 417. The molecule has 108 valence electrons. The molecule has 0 bridgehead atoms. The zero-order chi connectivity index (χ0) is 14.6. The molecule has 4 heteroatoms. The molecule has 0 saturated carbocycles. The highest BCUT2D eigenvalue weighted by atomic mass is 79.9. The minimum absolute atomic E-state index is 0.0319. The molecule has 0 aliphatic rings. The highest BCUT2D eigenvalue weighted by Gasteiger charge is 2.35. The average Bonchev–Trinajstić information content (AvgIpc) is 2.35. The largest absolute Gasteiger partial charge is 0.326 e. The van der Waals surface area contributed by atoms with E-state index >= 15 is 0 Å². The predicted molar refractivity (Wildman–Crippen MR) is 82.8 cm³/mol. The van der Waals surface area contributed by atoms with E-state index in [0.29, 0.717) is 6.42 Å². The Kier molecular flexibility index (Phi) is 5.96. The van der Waals surface area contributed by atoms with Crippen LogP contribution in [0.5, 0.6) is 0 Å². The van der Waals surface area contributed by atoms with Gasteiger partial charge in [-0.1, -0.05) is 29.8 Å². The molecule has 2 nitrogen and oxygen atoms in total. The molecule has 1 aromatic rings. The topological polar surface area (TPSA) is 29.3 Å². The van der Waals surface area contributed by atoms with Crippen molar-refractivity contribution >= 4 is 15.9 Å². The number of likely N-dealkylation sites (N-methyl/N-ethyl adjacent to an activating group) is 1. The summed E-state index contributed by atoms with van der Waals surface area (Å²) in [6, 6.07) is 4.73. The SMILES string of the molecule is CCC(CC)(C(N)Cc1cc(F)ccc1Br)N(C)C. The molecule has 0 aliphatic carbocycles. The number of benzene rings is 1. The molecule has 1 unspecified atom stereocenters. The number of halogens is 2. The molecule has 0 spiro atoms. The third kappa shape index (κ3) is 3.56. The van der Waals surface area contributed by atoms with Crippen LogP contribution < -0.4 is 5.73 Å². The van der Waals surface area contributed by atoms with Crippen molar-refractivity contribution in [1.29, 1.82) is 0 Å². The van der Waals surface area contributed by atoms with E-state index in [0.717, 1.165) is 22.9 Å². The molecular weight excluding hydrogens is 307 g/mol. The van der Waals surface area contributed by atoms with Gasteiger partial charge in [0.15, 0.2) is 0 Å². The predicted octanol–water partition coefficient (Wildman–Crippen LogP) is 3.58. The van der Waals surface area contributed by atoms with Crippen LogP contribution in [-0.4, -0.2) is 30.6 Å². The number of nitrogens with two attached hydrogens (primary N) is 1. The van der Waals surface area contributed by atoms with E-state index in [9.17, 15) is 4.39 Å². The van der Waals surface area contributed by atoms with Gasteiger partial charge in [0.25, 0.3) is 0 Å². The van der Waals surface area contributed by atoms with E-state index in [1.807, 2.05) is 0 Å². The summed E-state index contributed by atoms with van der Waals surface area (Å²) in [7, 11) is 4.13. The fourth-order valence-electron chi connectivity index (χ4n) is 2.87. The van der Waals surface area contributed by atoms with Crippen molar-refractivity contribution in [2.45, 2.75) is 44.7 Å². The number of rotatable bonds is 6. The lowest BCUT2D eigenvalue weighted by Gasteiger charge is -2.43. The van der Waals surface area contributed by atoms with E-state index in [1.165, 1.54) is 6.07 Å². The van der Waals surface area contributed by atoms with Crippen LogP contribution in [0.3, 0.4) is 0 Å². The molecule has 0 heterocycles. The molecule has 0 fully saturated rings. The van der Waals surface area contributed by atoms with Crippen LogP contribution in [0.2, 0.25) is 0 Å². The first-order valence-corrected chi connectivity index (χ1v) is 7.53. The van der Waals surface area contributed by atoms with Gasteiger partial charge in [0.05, 0.1) is 0 Å². The molecule has 0 radical (unpaired) electrons. The van der Waals surface area contributed by atoms with Gasteiger partial charge in [-0.15, -0.1) is 0 Å². The van der Waals surface area contributed by atoms with Crippen molar-refractivity contribution in [3.8, 4) is 0 Å². The molecule has 19 heavy (non-hydrogen) atoms. The lowest BCUT2D eigenvalue weighted by atomic mass is 9.81. The third-order valence-electron chi connectivity index (χ3n) is 4.25. The first-order chi connectivity index (χ1) is 8.87. The van der Waals surface area contributed by atoms with Gasteiger partial charge in [-0.2, -0.15) is 0 Å². The first kappa shape index (κ1) is 16.6. The van der Waals surface area contributed by atoms with Gasteiger partial charge in [-0.3, -0.25) is 0 Å². The maximum atomic E-state index is 13.3. The van der Waals surface area contributed by atoms with Crippen LogP contribution in [0.15, 0.2) is 22.7 Å². The van der Waals surface area contributed by atoms with E-state index in [1.54, 1.807) is 12.1 Å². The molecule has 1 aromatic carbocycles. The van der Waals surface area contributed by atoms with Gasteiger partial charge in [0.1, 0.15) is 5.82 Å². The lowest BCUT2D eigenvalue weighted by Crippen LogP contribution is -2.57. The van der Waals surface area contributed by atoms with Crippen LogP contribution in [-0.2, 0) is 6.42 Å². The second-order valence-corrected chi connectivity index (χ2v) is 6.11. The summed E-state index contributed by atoms with van der Waals surface area (Å²) < 4.78 is 14.3. The summed E-state index contributed by atoms with van der Waals surface area (Å²) in [5.41, 5.74) is 7.32. The Morgan fingerprint density at radius 1 is 1.32 bits per heavy atom. The Morgan fingerprint density at radius 3 is 2.37 bits per heavy atom. The molecular formula is C15H24BrFN2. The highest BCUT2D eigenvalue weighted by molar-refractivity contribution is 9.10. The van der Waals surface area contributed by atoms with Crippen molar-refractivity contribution in [2.75, 3.05) is 14.1 Å². The second kappa shape index (κ2) is 6.82. The van der Waals surface area contributed by atoms with Crippen LogP contribution in [0.4, 0.5) is 4.39 Å². The Labute approximate surface area is 124 Å². The standard InChI is InChI=1S/C15H24BrFN2/c1-5-15(6-2,19(3)4)14(18)10-11-9-12(17)7-8-13(11)16/h7-9,14H,5-6,10,18H2,1-4H3. The van der Waals surface area contributed by atoms with Crippen molar-refractivity contribution in [2.24, 2.45) is 5.73 Å². The summed E-state index contributed by atoms with van der Waals surface area (Å²) in [6.45, 7) is 4.31. The summed E-state index contributed by atoms with van der Waals surface area (Å²) in [5, 5.41) is 0. The fourth-order valence-corrected chi connectivity index (χ4v) is 3.27. The monoisotopic (exact) mass is 330 g/mol. The Balaban J connectivity index is 2.99. The third-order valence-corrected chi connectivity index (χ3v) is 5.03. The lowest BCUT2D eigenvalue weighted by molar-refractivity contribution is 0.105. The Hall–Kier alpha value is -0.450. The normalized spacial score (nSPS) is 13.9. The first-order valence-electron chi connectivity index (χ1n) is 6.74. The van der Waals surface area contributed by atoms with Crippen molar-refractivity contribution < 1.29 is 4.39 Å². The average molecular weight is 331 g/mol. The molecule has 2 N–H and O–H groups in total. The van der Waals surface area contributed by atoms with Gasteiger partial charge in [0.2, 0.25) is 0 Å². The zero-order valence-corrected chi connectivity index (χ0v) is 13.8. The van der Waals surface area contributed by atoms with E-state index in [2.05, 4.69) is 48.8 Å². The fraction of sp³-hybridized carbons (Fsp3) is 0.600. The van der Waals surface area contributed by atoms with Gasteiger partial charge in [-0.25, -0.2) is 4.39 Å². The maximum Gasteiger partial charge on any atom is 0.123 e. The van der Waals surface area contributed by atoms with Crippen molar-refractivity contribution in [3.05, 3.63) is 34.1 Å². The van der Waals surface area contributed by atoms with Gasteiger partial charge >= 0.3 is 0 Å². The smallest absolute Gasteiger partial charge is 0.123 e. The minimum atomic E-state index is -0.214. The quantitative estimate of drug-likeness (QED) is 0.863. The second-order valence-electron chi connectivity index (χ2n) is 5.25. The van der Waals surface area contributed by atoms with Gasteiger partial charge in [0, 0.05) is 16.1 Å².